The van der Waals surface area contributed by atoms with Crippen LogP contribution in [0.25, 0.3) is 0 Å². The van der Waals surface area contributed by atoms with Gasteiger partial charge in [0.2, 0.25) is 0 Å². The summed E-state index contributed by atoms with van der Waals surface area (Å²) in [6.45, 7) is 5.37. The van der Waals surface area contributed by atoms with E-state index in [0.29, 0.717) is 6.42 Å². The topological polar surface area (TPSA) is 67.8 Å². The zero-order valence-corrected chi connectivity index (χ0v) is 13.2. The van der Waals surface area contributed by atoms with Crippen LogP contribution in [0.2, 0.25) is 0 Å². The molecule has 0 heterocycles. The van der Waals surface area contributed by atoms with E-state index in [-0.39, 0.29) is 18.2 Å². The molecule has 20 heavy (non-hydrogen) atoms. The molecule has 5 nitrogen and oxygen atoms in total. The zero-order valence-electron chi connectivity index (χ0n) is 13.2. The first-order valence-corrected chi connectivity index (χ1v) is 7.46. The van der Waals surface area contributed by atoms with Gasteiger partial charge >= 0.3 is 6.09 Å². The minimum absolute atomic E-state index is 0.0664. The normalized spacial score (nSPS) is 19.6. The van der Waals surface area contributed by atoms with Gasteiger partial charge in [-0.05, 0) is 46.5 Å². The first kappa shape index (κ1) is 17.2. The van der Waals surface area contributed by atoms with Crippen LogP contribution in [0, 0.1) is 0 Å². The minimum atomic E-state index is -0.525. The summed E-state index contributed by atoms with van der Waals surface area (Å²) < 4.78 is 10.9. The van der Waals surface area contributed by atoms with Crippen molar-refractivity contribution in [3.05, 3.63) is 0 Å². The van der Waals surface area contributed by atoms with Gasteiger partial charge in [0.25, 0.3) is 0 Å². The Morgan fingerprint density at radius 2 is 1.95 bits per heavy atom. The molecule has 1 saturated carbocycles. The maximum atomic E-state index is 11.7. The molecule has 1 rings (SSSR count). The molecule has 118 valence electrons. The summed E-state index contributed by atoms with van der Waals surface area (Å²) in [5, 5.41) is 12.1. The molecule has 1 aliphatic rings. The van der Waals surface area contributed by atoms with Crippen molar-refractivity contribution in [1.82, 2.24) is 5.32 Å². The van der Waals surface area contributed by atoms with Gasteiger partial charge in [0.1, 0.15) is 5.60 Å². The highest BCUT2D eigenvalue weighted by atomic mass is 16.6. The Morgan fingerprint density at radius 3 is 2.40 bits per heavy atom. The van der Waals surface area contributed by atoms with Crippen LogP contribution in [0.15, 0.2) is 0 Å². The van der Waals surface area contributed by atoms with Gasteiger partial charge in [-0.3, -0.25) is 0 Å². The fourth-order valence-corrected chi connectivity index (χ4v) is 2.70. The predicted octanol–water partition coefficient (Wildman–Crippen LogP) is 2.61. The van der Waals surface area contributed by atoms with E-state index in [1.807, 2.05) is 20.8 Å². The Kier molecular flexibility index (Phi) is 6.27. The van der Waals surface area contributed by atoms with Gasteiger partial charge < -0.3 is 19.9 Å². The molecule has 0 saturated heterocycles. The number of aliphatic hydroxyl groups excluding tert-OH is 1. The third kappa shape index (κ3) is 5.67. The summed E-state index contributed by atoms with van der Waals surface area (Å²) in [6, 6.07) is -0.280. The van der Waals surface area contributed by atoms with Gasteiger partial charge in [0.15, 0.2) is 0 Å². The van der Waals surface area contributed by atoms with Crippen LogP contribution in [-0.4, -0.2) is 42.2 Å². The van der Waals surface area contributed by atoms with Crippen molar-refractivity contribution in [2.75, 3.05) is 13.7 Å². The lowest BCUT2D eigenvalue weighted by Gasteiger charge is -2.29. The number of aliphatic hydroxyl groups is 1. The van der Waals surface area contributed by atoms with E-state index in [4.69, 9.17) is 9.47 Å². The van der Waals surface area contributed by atoms with Crippen molar-refractivity contribution in [1.29, 1.82) is 0 Å². The van der Waals surface area contributed by atoms with Crippen LogP contribution < -0.4 is 5.32 Å². The summed E-state index contributed by atoms with van der Waals surface area (Å²) in [4.78, 5) is 11.7. The van der Waals surface area contributed by atoms with Gasteiger partial charge in [-0.25, -0.2) is 4.79 Å². The first-order chi connectivity index (χ1) is 9.30. The smallest absolute Gasteiger partial charge is 0.407 e. The van der Waals surface area contributed by atoms with Crippen molar-refractivity contribution in [3.8, 4) is 0 Å². The van der Waals surface area contributed by atoms with Crippen molar-refractivity contribution in [3.63, 3.8) is 0 Å². The van der Waals surface area contributed by atoms with Crippen molar-refractivity contribution in [2.45, 2.75) is 76.5 Å². The van der Waals surface area contributed by atoms with E-state index in [0.717, 1.165) is 19.3 Å². The standard InChI is InChI=1S/C15H29NO4/c1-14(2,3)20-13(18)16-12(11-17)7-10-15(19-4)8-5-6-9-15/h12,17H,5-11H2,1-4H3,(H,16,18). The van der Waals surface area contributed by atoms with Crippen LogP contribution >= 0.6 is 0 Å². The summed E-state index contributed by atoms with van der Waals surface area (Å²) in [6.07, 6.45) is 5.58. The zero-order chi connectivity index (χ0) is 15.2. The van der Waals surface area contributed by atoms with Crippen LogP contribution in [0.4, 0.5) is 4.79 Å². The van der Waals surface area contributed by atoms with Gasteiger partial charge in [-0.15, -0.1) is 0 Å². The molecule has 0 bridgehead atoms. The molecule has 0 aromatic carbocycles. The van der Waals surface area contributed by atoms with Gasteiger partial charge in [-0.2, -0.15) is 0 Å². The molecule has 0 spiro atoms. The molecule has 5 heteroatoms. The predicted molar refractivity (Wildman–Crippen MR) is 77.7 cm³/mol. The molecule has 0 aromatic heterocycles. The minimum Gasteiger partial charge on any atom is -0.444 e. The second-order valence-corrected chi connectivity index (χ2v) is 6.66. The first-order valence-electron chi connectivity index (χ1n) is 7.46. The SMILES string of the molecule is COC1(CCC(CO)NC(=O)OC(C)(C)C)CCCC1. The average Bonchev–Trinajstić information content (AvgIpc) is 2.81. The number of nitrogens with one attached hydrogen (secondary N) is 1. The van der Waals surface area contributed by atoms with Gasteiger partial charge in [0, 0.05) is 7.11 Å². The highest BCUT2D eigenvalue weighted by Gasteiger charge is 2.34. The van der Waals surface area contributed by atoms with E-state index in [2.05, 4.69) is 5.32 Å². The van der Waals surface area contributed by atoms with E-state index in [9.17, 15) is 9.90 Å². The quantitative estimate of drug-likeness (QED) is 0.788. The molecular weight excluding hydrogens is 258 g/mol. The monoisotopic (exact) mass is 287 g/mol. The summed E-state index contributed by atoms with van der Waals surface area (Å²) in [5.74, 6) is 0. The van der Waals surface area contributed by atoms with Crippen LogP contribution in [-0.2, 0) is 9.47 Å². The number of alkyl carbamates (subject to hydrolysis) is 1. The van der Waals surface area contributed by atoms with Crippen molar-refractivity contribution in [2.24, 2.45) is 0 Å². The molecule has 2 N–H and O–H groups in total. The lowest BCUT2D eigenvalue weighted by molar-refractivity contribution is -0.0164. The second-order valence-electron chi connectivity index (χ2n) is 6.66. The molecule has 1 unspecified atom stereocenters. The van der Waals surface area contributed by atoms with Gasteiger partial charge in [0.05, 0.1) is 18.2 Å². The Hall–Kier alpha value is -0.810. The molecule has 0 aromatic rings. The number of hydrogen-bond donors (Lipinski definition) is 2. The van der Waals surface area contributed by atoms with Crippen LogP contribution in [0.1, 0.15) is 59.3 Å². The number of rotatable bonds is 6. The Balaban J connectivity index is 2.41. The van der Waals surface area contributed by atoms with E-state index in [1.165, 1.54) is 12.8 Å². The lowest BCUT2D eigenvalue weighted by Crippen LogP contribution is -2.42. The number of amides is 1. The van der Waals surface area contributed by atoms with E-state index >= 15 is 0 Å². The van der Waals surface area contributed by atoms with Crippen LogP contribution in [0.5, 0.6) is 0 Å². The summed E-state index contributed by atoms with van der Waals surface area (Å²) in [7, 11) is 1.75. The Bertz CT molecular complexity index is 305. The molecular formula is C15H29NO4. The van der Waals surface area contributed by atoms with Crippen molar-refractivity contribution < 1.29 is 19.4 Å². The Morgan fingerprint density at radius 1 is 1.35 bits per heavy atom. The van der Waals surface area contributed by atoms with Gasteiger partial charge in [-0.1, -0.05) is 12.8 Å². The largest absolute Gasteiger partial charge is 0.444 e. The summed E-state index contributed by atoms with van der Waals surface area (Å²) in [5.41, 5.74) is -0.591. The molecule has 1 atom stereocenters. The van der Waals surface area contributed by atoms with E-state index in [1.54, 1.807) is 7.11 Å². The number of methoxy groups -OCH3 is 1. The molecule has 1 fully saturated rings. The number of carbonyl (C=O) groups excluding carboxylic acids is 1. The van der Waals surface area contributed by atoms with E-state index < -0.39 is 11.7 Å². The number of carbonyl (C=O) groups is 1. The molecule has 1 aliphatic carbocycles. The Labute approximate surface area is 122 Å². The van der Waals surface area contributed by atoms with Crippen LogP contribution in [0.3, 0.4) is 0 Å². The maximum Gasteiger partial charge on any atom is 0.407 e. The second kappa shape index (κ2) is 7.27. The number of ether oxygens (including phenoxy) is 2. The molecule has 0 aliphatic heterocycles. The number of hydrogen-bond acceptors (Lipinski definition) is 4. The third-order valence-electron chi connectivity index (χ3n) is 3.84. The highest BCUT2D eigenvalue weighted by Crippen LogP contribution is 2.36. The molecule has 0 radical (unpaired) electrons. The summed E-state index contributed by atoms with van der Waals surface area (Å²) >= 11 is 0. The third-order valence-corrected chi connectivity index (χ3v) is 3.84. The lowest BCUT2D eigenvalue weighted by atomic mass is 9.93. The van der Waals surface area contributed by atoms with Crippen molar-refractivity contribution >= 4 is 6.09 Å². The average molecular weight is 287 g/mol. The molecule has 1 amide bonds. The highest BCUT2D eigenvalue weighted by molar-refractivity contribution is 5.68. The fraction of sp³-hybridized carbons (Fsp3) is 0.933. The fourth-order valence-electron chi connectivity index (χ4n) is 2.70. The maximum absolute atomic E-state index is 11.7.